The third-order valence-corrected chi connectivity index (χ3v) is 2.90. The number of benzene rings is 1. The molecule has 0 atom stereocenters. The number of aryl methyl sites for hydroxylation is 3. The zero-order valence-corrected chi connectivity index (χ0v) is 11.2. The SMILES string of the molecule is Cc1ccc(N(C)c2cc(N)nc(C)n2)c(C)c1. The van der Waals surface area contributed by atoms with E-state index in [-0.39, 0.29) is 0 Å². The van der Waals surface area contributed by atoms with E-state index in [4.69, 9.17) is 5.73 Å². The lowest BCUT2D eigenvalue weighted by atomic mass is 10.1. The number of anilines is 3. The third kappa shape index (κ3) is 2.42. The average Bonchev–Trinajstić information content (AvgIpc) is 2.26. The molecule has 4 nitrogen and oxygen atoms in total. The van der Waals surface area contributed by atoms with E-state index < -0.39 is 0 Å². The van der Waals surface area contributed by atoms with Crippen molar-refractivity contribution in [2.75, 3.05) is 17.7 Å². The fourth-order valence-electron chi connectivity index (χ4n) is 2.05. The Morgan fingerprint density at radius 2 is 1.78 bits per heavy atom. The van der Waals surface area contributed by atoms with E-state index in [0.29, 0.717) is 11.6 Å². The summed E-state index contributed by atoms with van der Waals surface area (Å²) >= 11 is 0. The molecular formula is C14H18N4. The Bertz CT molecular complexity index is 558. The highest BCUT2D eigenvalue weighted by Gasteiger charge is 2.09. The van der Waals surface area contributed by atoms with Gasteiger partial charge in [0.25, 0.3) is 0 Å². The molecule has 18 heavy (non-hydrogen) atoms. The van der Waals surface area contributed by atoms with E-state index in [1.54, 1.807) is 6.07 Å². The van der Waals surface area contributed by atoms with Gasteiger partial charge in [0.05, 0.1) is 0 Å². The summed E-state index contributed by atoms with van der Waals surface area (Å²) in [5, 5.41) is 0. The van der Waals surface area contributed by atoms with Crippen molar-refractivity contribution in [1.82, 2.24) is 9.97 Å². The normalized spacial score (nSPS) is 10.4. The number of nitrogens with zero attached hydrogens (tertiary/aromatic N) is 3. The second-order valence-corrected chi connectivity index (χ2v) is 4.55. The number of hydrogen-bond donors (Lipinski definition) is 1. The van der Waals surface area contributed by atoms with Crippen molar-refractivity contribution in [1.29, 1.82) is 0 Å². The molecule has 0 spiro atoms. The minimum atomic E-state index is 0.495. The molecular weight excluding hydrogens is 224 g/mol. The van der Waals surface area contributed by atoms with Crippen LogP contribution in [-0.4, -0.2) is 17.0 Å². The van der Waals surface area contributed by atoms with Gasteiger partial charge >= 0.3 is 0 Å². The Hall–Kier alpha value is -2.10. The molecule has 4 heteroatoms. The number of rotatable bonds is 2. The molecule has 94 valence electrons. The molecule has 0 radical (unpaired) electrons. The summed E-state index contributed by atoms with van der Waals surface area (Å²) in [5.41, 5.74) is 9.35. The maximum Gasteiger partial charge on any atom is 0.138 e. The van der Waals surface area contributed by atoms with Crippen LogP contribution < -0.4 is 10.6 Å². The summed E-state index contributed by atoms with van der Waals surface area (Å²) in [4.78, 5) is 10.5. The minimum Gasteiger partial charge on any atom is -0.384 e. The molecule has 0 saturated heterocycles. The van der Waals surface area contributed by atoms with Gasteiger partial charge in [-0.25, -0.2) is 9.97 Å². The molecule has 1 aromatic heterocycles. The minimum absolute atomic E-state index is 0.495. The first-order valence-electron chi connectivity index (χ1n) is 5.89. The standard InChI is InChI=1S/C14H18N4/c1-9-5-6-12(10(2)7-9)18(4)14-8-13(15)16-11(3)17-14/h5-8H,1-4H3,(H2,15,16,17). The van der Waals surface area contributed by atoms with Crippen molar-refractivity contribution in [2.24, 2.45) is 0 Å². The molecule has 1 heterocycles. The van der Waals surface area contributed by atoms with Gasteiger partial charge in [0.1, 0.15) is 17.5 Å². The van der Waals surface area contributed by atoms with Gasteiger partial charge in [-0.3, -0.25) is 0 Å². The fourth-order valence-corrected chi connectivity index (χ4v) is 2.05. The van der Waals surface area contributed by atoms with Gasteiger partial charge in [-0.2, -0.15) is 0 Å². The first kappa shape index (κ1) is 12.4. The molecule has 0 bridgehead atoms. The van der Waals surface area contributed by atoms with Crippen LogP contribution in [-0.2, 0) is 0 Å². The van der Waals surface area contributed by atoms with E-state index >= 15 is 0 Å². The molecule has 0 amide bonds. The molecule has 2 N–H and O–H groups in total. The molecule has 0 aliphatic carbocycles. The monoisotopic (exact) mass is 242 g/mol. The van der Waals surface area contributed by atoms with Gasteiger partial charge in [0.2, 0.25) is 0 Å². The maximum absolute atomic E-state index is 5.76. The van der Waals surface area contributed by atoms with Crippen molar-refractivity contribution >= 4 is 17.3 Å². The highest BCUT2D eigenvalue weighted by molar-refractivity contribution is 5.64. The number of hydrogen-bond acceptors (Lipinski definition) is 4. The van der Waals surface area contributed by atoms with Crippen molar-refractivity contribution in [3.8, 4) is 0 Å². The predicted octanol–water partition coefficient (Wildman–Crippen LogP) is 2.75. The van der Waals surface area contributed by atoms with Crippen LogP contribution in [0.1, 0.15) is 17.0 Å². The second-order valence-electron chi connectivity index (χ2n) is 4.55. The van der Waals surface area contributed by atoms with Crippen LogP contribution in [0.2, 0.25) is 0 Å². The quantitative estimate of drug-likeness (QED) is 0.879. The van der Waals surface area contributed by atoms with Gasteiger partial charge < -0.3 is 10.6 Å². The summed E-state index contributed by atoms with van der Waals surface area (Å²) in [5.74, 6) is 1.99. The molecule has 0 fully saturated rings. The van der Waals surface area contributed by atoms with Crippen LogP contribution in [0.15, 0.2) is 24.3 Å². The Morgan fingerprint density at radius 3 is 2.39 bits per heavy atom. The van der Waals surface area contributed by atoms with Gasteiger partial charge in [-0.1, -0.05) is 17.7 Å². The molecule has 2 aromatic rings. The zero-order valence-electron chi connectivity index (χ0n) is 11.2. The fraction of sp³-hybridized carbons (Fsp3) is 0.286. The van der Waals surface area contributed by atoms with E-state index in [9.17, 15) is 0 Å². The molecule has 2 rings (SSSR count). The molecule has 0 aliphatic heterocycles. The van der Waals surface area contributed by atoms with Crippen LogP contribution in [0.25, 0.3) is 0 Å². The Labute approximate surface area is 107 Å². The van der Waals surface area contributed by atoms with E-state index in [0.717, 1.165) is 11.5 Å². The van der Waals surface area contributed by atoms with Crippen molar-refractivity contribution in [3.05, 3.63) is 41.2 Å². The summed E-state index contributed by atoms with van der Waals surface area (Å²) in [6.45, 7) is 6.02. The first-order chi connectivity index (χ1) is 8.47. The van der Waals surface area contributed by atoms with Crippen molar-refractivity contribution in [3.63, 3.8) is 0 Å². The van der Waals surface area contributed by atoms with Gasteiger partial charge in [-0.05, 0) is 32.4 Å². The number of aromatic nitrogens is 2. The number of nitrogen functional groups attached to an aromatic ring is 1. The number of nitrogens with two attached hydrogens (primary N) is 1. The van der Waals surface area contributed by atoms with Gasteiger partial charge in [0.15, 0.2) is 0 Å². The first-order valence-corrected chi connectivity index (χ1v) is 5.89. The van der Waals surface area contributed by atoms with Crippen molar-refractivity contribution in [2.45, 2.75) is 20.8 Å². The smallest absolute Gasteiger partial charge is 0.138 e. The third-order valence-electron chi connectivity index (χ3n) is 2.90. The summed E-state index contributed by atoms with van der Waals surface area (Å²) < 4.78 is 0. The van der Waals surface area contributed by atoms with E-state index in [1.165, 1.54) is 11.1 Å². The molecule has 1 aromatic carbocycles. The van der Waals surface area contributed by atoms with Gasteiger partial charge in [-0.15, -0.1) is 0 Å². The van der Waals surface area contributed by atoms with E-state index in [1.807, 2.05) is 18.9 Å². The van der Waals surface area contributed by atoms with Crippen LogP contribution >= 0.6 is 0 Å². The molecule has 0 aliphatic rings. The van der Waals surface area contributed by atoms with Crippen LogP contribution in [0.5, 0.6) is 0 Å². The van der Waals surface area contributed by atoms with Crippen LogP contribution in [0, 0.1) is 20.8 Å². The Kier molecular flexibility index (Phi) is 3.19. The lowest BCUT2D eigenvalue weighted by Gasteiger charge is -2.21. The van der Waals surface area contributed by atoms with Crippen LogP contribution in [0.3, 0.4) is 0 Å². The Balaban J connectivity index is 2.44. The lowest BCUT2D eigenvalue weighted by Crippen LogP contribution is -2.14. The van der Waals surface area contributed by atoms with Crippen molar-refractivity contribution < 1.29 is 0 Å². The second kappa shape index (κ2) is 4.64. The van der Waals surface area contributed by atoms with Crippen LogP contribution in [0.4, 0.5) is 17.3 Å². The lowest BCUT2D eigenvalue weighted by molar-refractivity contribution is 1.02. The topological polar surface area (TPSA) is 55.0 Å². The predicted molar refractivity (Wildman–Crippen MR) is 75.2 cm³/mol. The highest BCUT2D eigenvalue weighted by atomic mass is 15.2. The maximum atomic E-state index is 5.76. The molecule has 0 unspecified atom stereocenters. The summed E-state index contributed by atoms with van der Waals surface area (Å²) in [6.07, 6.45) is 0. The largest absolute Gasteiger partial charge is 0.384 e. The highest BCUT2D eigenvalue weighted by Crippen LogP contribution is 2.26. The van der Waals surface area contributed by atoms with Gasteiger partial charge in [0, 0.05) is 18.8 Å². The summed E-state index contributed by atoms with van der Waals surface area (Å²) in [7, 11) is 1.98. The summed E-state index contributed by atoms with van der Waals surface area (Å²) in [6, 6.07) is 8.13. The van der Waals surface area contributed by atoms with E-state index in [2.05, 4.69) is 42.0 Å². The zero-order chi connectivity index (χ0) is 13.3. The Morgan fingerprint density at radius 1 is 1.06 bits per heavy atom. The average molecular weight is 242 g/mol. The molecule has 0 saturated carbocycles.